The van der Waals surface area contributed by atoms with Crippen LogP contribution in [0.25, 0.3) is 0 Å². The van der Waals surface area contributed by atoms with Crippen LogP contribution in [-0.4, -0.2) is 58.5 Å². The Kier molecular flexibility index (Phi) is 11.4. The van der Waals surface area contributed by atoms with E-state index in [1.165, 1.54) is 0 Å². The standard InChI is InChI=1S/C8H14O6.C3H7NO2/c1-3-13-7(11)5(9)6(10)8(12)14-4-2;1-3(2)4(5)6/h5-6,9-10H,3-4H2,1-2H3;3H,1-2H3. The number of aliphatic hydroxyl groups excluding tert-OH is 2. The lowest BCUT2D eigenvalue weighted by Crippen LogP contribution is -2.41. The second-order valence-electron chi connectivity index (χ2n) is 3.77. The quantitative estimate of drug-likeness (QED) is 0.380. The van der Waals surface area contributed by atoms with Gasteiger partial charge in [-0.15, -0.1) is 0 Å². The monoisotopic (exact) mass is 295 g/mol. The highest BCUT2D eigenvalue weighted by Crippen LogP contribution is 1.99. The zero-order valence-electron chi connectivity index (χ0n) is 11.9. The van der Waals surface area contributed by atoms with E-state index >= 15 is 0 Å². The first-order valence-corrected chi connectivity index (χ1v) is 6.01. The predicted molar refractivity (Wildman–Crippen MR) is 67.4 cm³/mol. The lowest BCUT2D eigenvalue weighted by molar-refractivity contribution is -0.513. The summed E-state index contributed by atoms with van der Waals surface area (Å²) in [6, 6.07) is -0.426. The first kappa shape index (κ1) is 20.6. The molecule has 0 spiro atoms. The number of rotatable bonds is 6. The van der Waals surface area contributed by atoms with Crippen LogP contribution >= 0.6 is 0 Å². The highest BCUT2D eigenvalue weighted by atomic mass is 16.6. The van der Waals surface area contributed by atoms with E-state index in [0.29, 0.717) is 0 Å². The molecule has 118 valence electrons. The van der Waals surface area contributed by atoms with E-state index in [1.807, 2.05) is 0 Å². The Morgan fingerprint density at radius 3 is 1.45 bits per heavy atom. The van der Waals surface area contributed by atoms with Crippen LogP contribution in [0.1, 0.15) is 27.7 Å². The van der Waals surface area contributed by atoms with Gasteiger partial charge in [0, 0.05) is 18.8 Å². The molecule has 0 aliphatic rings. The Balaban J connectivity index is 0. The first-order valence-electron chi connectivity index (χ1n) is 6.01. The molecule has 0 aliphatic heterocycles. The summed E-state index contributed by atoms with van der Waals surface area (Å²) in [6.07, 6.45) is -3.79. The summed E-state index contributed by atoms with van der Waals surface area (Å²) in [5.74, 6) is -2.10. The molecule has 0 heterocycles. The molecular weight excluding hydrogens is 274 g/mol. The third-order valence-electron chi connectivity index (χ3n) is 1.78. The fraction of sp³-hybridized carbons (Fsp3) is 0.818. The third kappa shape index (κ3) is 9.22. The summed E-state index contributed by atoms with van der Waals surface area (Å²) >= 11 is 0. The van der Waals surface area contributed by atoms with Crippen molar-refractivity contribution in [3.63, 3.8) is 0 Å². The Labute approximate surface area is 116 Å². The largest absolute Gasteiger partial charge is 0.464 e. The van der Waals surface area contributed by atoms with Gasteiger partial charge in [0.1, 0.15) is 0 Å². The van der Waals surface area contributed by atoms with Crippen molar-refractivity contribution in [1.82, 2.24) is 0 Å². The van der Waals surface area contributed by atoms with Gasteiger partial charge in [0.2, 0.25) is 6.04 Å². The first-order chi connectivity index (χ1) is 9.18. The van der Waals surface area contributed by atoms with Gasteiger partial charge in [-0.1, -0.05) is 0 Å². The van der Waals surface area contributed by atoms with Crippen molar-refractivity contribution >= 4 is 11.9 Å². The molecule has 2 atom stereocenters. The minimum atomic E-state index is -1.89. The Morgan fingerprint density at radius 2 is 1.30 bits per heavy atom. The van der Waals surface area contributed by atoms with E-state index in [2.05, 4.69) is 9.47 Å². The van der Waals surface area contributed by atoms with E-state index in [1.54, 1.807) is 27.7 Å². The van der Waals surface area contributed by atoms with Crippen LogP contribution in [0.4, 0.5) is 0 Å². The summed E-state index contributed by atoms with van der Waals surface area (Å²) in [7, 11) is 0. The molecular formula is C11H21NO8. The maximum absolute atomic E-state index is 10.9. The average molecular weight is 295 g/mol. The maximum Gasteiger partial charge on any atom is 0.338 e. The third-order valence-corrected chi connectivity index (χ3v) is 1.78. The zero-order chi connectivity index (χ0) is 16.3. The van der Waals surface area contributed by atoms with Gasteiger partial charge in [-0.2, -0.15) is 0 Å². The molecule has 0 aromatic rings. The number of ether oxygens (including phenoxy) is 2. The molecule has 0 aromatic heterocycles. The second-order valence-corrected chi connectivity index (χ2v) is 3.77. The molecule has 0 fully saturated rings. The van der Waals surface area contributed by atoms with Crippen molar-refractivity contribution in [1.29, 1.82) is 0 Å². The summed E-state index contributed by atoms with van der Waals surface area (Å²) in [4.78, 5) is 30.9. The number of carbonyl (C=O) groups is 2. The maximum atomic E-state index is 10.9. The van der Waals surface area contributed by atoms with Crippen molar-refractivity contribution in [2.24, 2.45) is 0 Å². The number of hydrogen-bond donors (Lipinski definition) is 2. The number of aliphatic hydroxyl groups is 2. The smallest absolute Gasteiger partial charge is 0.338 e. The van der Waals surface area contributed by atoms with Crippen molar-refractivity contribution < 1.29 is 34.2 Å². The Morgan fingerprint density at radius 1 is 1.05 bits per heavy atom. The predicted octanol–water partition coefficient (Wildman–Crippen LogP) is -0.494. The van der Waals surface area contributed by atoms with E-state index in [9.17, 15) is 19.7 Å². The minimum Gasteiger partial charge on any atom is -0.464 e. The SMILES string of the molecule is CC(C)[N+](=O)[O-].CCOC(=O)C(O)C(O)C(=O)OCC. The number of hydrogen-bond acceptors (Lipinski definition) is 8. The van der Waals surface area contributed by atoms with E-state index in [4.69, 9.17) is 10.2 Å². The second kappa shape index (κ2) is 11.1. The van der Waals surface area contributed by atoms with Crippen molar-refractivity contribution in [2.45, 2.75) is 45.9 Å². The molecule has 0 aliphatic carbocycles. The molecule has 0 saturated heterocycles. The Bertz CT molecular complexity index is 296. The molecule has 0 rings (SSSR count). The van der Waals surface area contributed by atoms with Gasteiger partial charge in [-0.25, -0.2) is 9.59 Å². The van der Waals surface area contributed by atoms with E-state index in [0.717, 1.165) is 0 Å². The molecule has 0 aromatic carbocycles. The average Bonchev–Trinajstić information content (AvgIpc) is 2.38. The van der Waals surface area contributed by atoms with E-state index in [-0.39, 0.29) is 18.1 Å². The van der Waals surface area contributed by atoms with Gasteiger partial charge < -0.3 is 19.7 Å². The van der Waals surface area contributed by atoms with Gasteiger partial charge in [0.25, 0.3) is 0 Å². The van der Waals surface area contributed by atoms with Crippen LogP contribution in [0, 0.1) is 10.1 Å². The summed E-state index contributed by atoms with van der Waals surface area (Å²) < 4.78 is 8.79. The topological polar surface area (TPSA) is 136 Å². The Hall–Kier alpha value is -1.74. The molecule has 0 radical (unpaired) electrons. The van der Waals surface area contributed by atoms with Gasteiger partial charge in [-0.05, 0) is 13.8 Å². The van der Waals surface area contributed by atoms with Gasteiger partial charge in [0.05, 0.1) is 13.2 Å². The van der Waals surface area contributed by atoms with Crippen LogP contribution in [-0.2, 0) is 19.1 Å². The number of carbonyl (C=O) groups excluding carboxylic acids is 2. The van der Waals surface area contributed by atoms with Crippen LogP contribution in [0.5, 0.6) is 0 Å². The van der Waals surface area contributed by atoms with Crippen LogP contribution in [0.15, 0.2) is 0 Å². The number of esters is 2. The van der Waals surface area contributed by atoms with Crippen LogP contribution in [0.3, 0.4) is 0 Å². The van der Waals surface area contributed by atoms with Gasteiger partial charge in [-0.3, -0.25) is 10.1 Å². The highest BCUT2D eigenvalue weighted by molar-refractivity contribution is 5.85. The molecule has 2 unspecified atom stereocenters. The normalized spacial score (nSPS) is 12.8. The molecule has 2 N–H and O–H groups in total. The lowest BCUT2D eigenvalue weighted by atomic mass is 10.2. The lowest BCUT2D eigenvalue weighted by Gasteiger charge is -2.14. The summed E-state index contributed by atoms with van der Waals surface area (Å²) in [5.41, 5.74) is 0. The van der Waals surface area contributed by atoms with E-state index < -0.39 is 30.2 Å². The van der Waals surface area contributed by atoms with Gasteiger partial charge in [0.15, 0.2) is 12.2 Å². The number of nitro groups is 1. The fourth-order valence-corrected chi connectivity index (χ4v) is 0.713. The molecule has 0 bridgehead atoms. The highest BCUT2D eigenvalue weighted by Gasteiger charge is 2.32. The minimum absolute atomic E-state index is 0.0610. The van der Waals surface area contributed by atoms with Crippen LogP contribution < -0.4 is 0 Å². The van der Waals surface area contributed by atoms with Crippen molar-refractivity contribution in [3.05, 3.63) is 10.1 Å². The summed E-state index contributed by atoms with van der Waals surface area (Å²) in [5, 5.41) is 27.7. The number of nitrogens with zero attached hydrogens (tertiary/aromatic N) is 1. The molecule has 20 heavy (non-hydrogen) atoms. The van der Waals surface area contributed by atoms with Crippen molar-refractivity contribution in [3.8, 4) is 0 Å². The summed E-state index contributed by atoms with van der Waals surface area (Å²) in [6.45, 7) is 6.29. The zero-order valence-corrected chi connectivity index (χ0v) is 11.9. The fourth-order valence-electron chi connectivity index (χ4n) is 0.713. The molecule has 0 amide bonds. The van der Waals surface area contributed by atoms with Crippen molar-refractivity contribution in [2.75, 3.05) is 13.2 Å². The molecule has 9 nitrogen and oxygen atoms in total. The van der Waals surface area contributed by atoms with Crippen LogP contribution in [0.2, 0.25) is 0 Å². The molecule has 0 saturated carbocycles. The van der Waals surface area contributed by atoms with Gasteiger partial charge >= 0.3 is 11.9 Å². The molecule has 9 heteroatoms.